The number of nitrogens with one attached hydrogen (secondary N) is 2. The van der Waals surface area contributed by atoms with Crippen LogP contribution in [0, 0.1) is 0 Å². The molecule has 2 N–H and O–H groups in total. The molecular formula is C34H32ClF3N4O6S. The molecule has 0 saturated carbocycles. The summed E-state index contributed by atoms with van der Waals surface area (Å²) in [7, 11) is 0. The van der Waals surface area contributed by atoms with Crippen LogP contribution < -0.4 is 15.5 Å². The van der Waals surface area contributed by atoms with Crippen LogP contribution in [0.5, 0.6) is 0 Å². The predicted octanol–water partition coefficient (Wildman–Crippen LogP) is 6.45. The molecule has 2 heterocycles. The fourth-order valence-corrected chi connectivity index (χ4v) is 6.61. The lowest BCUT2D eigenvalue weighted by Gasteiger charge is -2.28. The highest BCUT2D eigenvalue weighted by molar-refractivity contribution is 8.01. The Labute approximate surface area is 289 Å². The number of para-hydroxylation sites is 1. The average molecular weight is 717 g/mol. The molecule has 1 saturated heterocycles. The Morgan fingerprint density at radius 1 is 1.04 bits per heavy atom. The van der Waals surface area contributed by atoms with E-state index in [4.69, 9.17) is 21.1 Å². The van der Waals surface area contributed by atoms with Gasteiger partial charge in [-0.25, -0.2) is 4.79 Å². The van der Waals surface area contributed by atoms with Gasteiger partial charge in [0.1, 0.15) is 13.2 Å². The summed E-state index contributed by atoms with van der Waals surface area (Å²) >= 11 is 7.13. The Kier molecular flexibility index (Phi) is 10.6. The quantitative estimate of drug-likeness (QED) is 0.257. The number of carbonyl (C=O) groups excluding carboxylic acids is 4. The standard InChI is InChI=1S/C34H32ClF3N4O6S/c1-33(2,3)49-31-24(16-28(44)48-31)39-27(43)17-42-26-12-8-7-11-21(26)29(19-9-5-4-6-10-19)40-25(30(42)45)18-47-32(46)41-23-14-13-20(35)15-22(23)34(36,37)38/h4-15,24-25,31H,16-18H2,1-3H3,(H,39,43)(H,41,46)/t24-,25+,31+/m0/s1. The van der Waals surface area contributed by atoms with Crippen LogP contribution in [0.1, 0.15) is 43.9 Å². The number of nitrogens with zero attached hydrogens (tertiary/aromatic N) is 2. The molecule has 10 nitrogen and oxygen atoms in total. The Morgan fingerprint density at radius 2 is 1.73 bits per heavy atom. The lowest BCUT2D eigenvalue weighted by Crippen LogP contribution is -2.49. The van der Waals surface area contributed by atoms with Gasteiger partial charge < -0.3 is 19.7 Å². The zero-order valence-electron chi connectivity index (χ0n) is 26.5. The molecule has 0 aliphatic carbocycles. The monoisotopic (exact) mass is 716 g/mol. The van der Waals surface area contributed by atoms with Crippen molar-refractivity contribution in [3.05, 3.63) is 94.5 Å². The number of ether oxygens (including phenoxy) is 2. The Balaban J connectivity index is 1.41. The van der Waals surface area contributed by atoms with Crippen molar-refractivity contribution < 1.29 is 41.8 Å². The van der Waals surface area contributed by atoms with E-state index in [0.29, 0.717) is 28.6 Å². The van der Waals surface area contributed by atoms with Crippen molar-refractivity contribution >= 4 is 64.3 Å². The molecule has 2 aliphatic rings. The van der Waals surface area contributed by atoms with Crippen molar-refractivity contribution in [2.24, 2.45) is 4.99 Å². The van der Waals surface area contributed by atoms with Gasteiger partial charge in [0, 0.05) is 20.9 Å². The van der Waals surface area contributed by atoms with Crippen molar-refractivity contribution in [3.63, 3.8) is 0 Å². The minimum absolute atomic E-state index is 0.0411. The zero-order chi connectivity index (χ0) is 35.5. The fourth-order valence-electron chi connectivity index (χ4n) is 5.25. The molecule has 3 aromatic rings. The molecule has 0 aromatic heterocycles. The molecular weight excluding hydrogens is 685 g/mol. The number of hydrogen-bond donors (Lipinski definition) is 2. The third kappa shape index (κ3) is 8.92. The van der Waals surface area contributed by atoms with E-state index in [2.05, 4.69) is 15.6 Å². The van der Waals surface area contributed by atoms with Gasteiger partial charge in [0.05, 0.1) is 35.1 Å². The summed E-state index contributed by atoms with van der Waals surface area (Å²) in [5.74, 6) is -1.74. The number of thioether (sulfide) groups is 1. The number of amides is 3. The normalized spacial score (nSPS) is 19.4. The number of rotatable bonds is 8. The van der Waals surface area contributed by atoms with E-state index in [0.717, 1.165) is 6.07 Å². The number of anilines is 2. The van der Waals surface area contributed by atoms with Crippen molar-refractivity contribution in [2.75, 3.05) is 23.4 Å². The summed E-state index contributed by atoms with van der Waals surface area (Å²) in [6.45, 7) is 4.71. The zero-order valence-corrected chi connectivity index (χ0v) is 28.1. The minimum atomic E-state index is -4.82. The van der Waals surface area contributed by atoms with Gasteiger partial charge >= 0.3 is 18.2 Å². The van der Waals surface area contributed by atoms with Gasteiger partial charge in [-0.1, -0.05) is 80.9 Å². The van der Waals surface area contributed by atoms with E-state index in [-0.39, 0.29) is 16.2 Å². The van der Waals surface area contributed by atoms with Gasteiger partial charge in [0.25, 0.3) is 5.91 Å². The highest BCUT2D eigenvalue weighted by Gasteiger charge is 2.40. The van der Waals surface area contributed by atoms with Crippen molar-refractivity contribution in [2.45, 2.75) is 55.6 Å². The highest BCUT2D eigenvalue weighted by atomic mass is 35.5. The second-order valence-electron chi connectivity index (χ2n) is 12.2. The van der Waals surface area contributed by atoms with Crippen LogP contribution in [0.15, 0.2) is 77.8 Å². The van der Waals surface area contributed by atoms with Crippen LogP contribution >= 0.6 is 23.4 Å². The van der Waals surface area contributed by atoms with E-state index >= 15 is 0 Å². The first-order valence-corrected chi connectivity index (χ1v) is 16.4. The maximum absolute atomic E-state index is 14.1. The lowest BCUT2D eigenvalue weighted by molar-refractivity contribution is -0.139. The van der Waals surface area contributed by atoms with Crippen molar-refractivity contribution in [1.29, 1.82) is 0 Å². The van der Waals surface area contributed by atoms with Gasteiger partial charge in [-0.2, -0.15) is 13.2 Å². The van der Waals surface area contributed by atoms with Crippen LogP contribution in [0.3, 0.4) is 0 Å². The smallest absolute Gasteiger partial charge is 0.418 e. The molecule has 2 aliphatic heterocycles. The van der Waals surface area contributed by atoms with Gasteiger partial charge in [-0.05, 0) is 24.3 Å². The van der Waals surface area contributed by atoms with Gasteiger partial charge in [0.15, 0.2) is 11.5 Å². The highest BCUT2D eigenvalue weighted by Crippen LogP contribution is 2.37. The average Bonchev–Trinajstić information content (AvgIpc) is 3.31. The SMILES string of the molecule is CC(C)(C)S[C@H]1OC(=O)C[C@@H]1NC(=O)CN1C(=O)[C@@H](COC(=O)Nc2ccc(Cl)cc2C(F)(F)F)N=C(c2ccccc2)c2ccccc21. The maximum atomic E-state index is 14.1. The number of cyclic esters (lactones) is 1. The summed E-state index contributed by atoms with van der Waals surface area (Å²) < 4.78 is 51.2. The second kappa shape index (κ2) is 14.5. The molecule has 3 atom stereocenters. The van der Waals surface area contributed by atoms with E-state index in [9.17, 15) is 32.3 Å². The fraction of sp³-hybridized carbons (Fsp3) is 0.324. The number of hydrogen-bond acceptors (Lipinski definition) is 8. The van der Waals surface area contributed by atoms with Gasteiger partial charge in [0.2, 0.25) is 5.91 Å². The van der Waals surface area contributed by atoms with Gasteiger partial charge in [-0.15, -0.1) is 11.8 Å². The third-order valence-electron chi connectivity index (χ3n) is 7.31. The van der Waals surface area contributed by atoms with E-state index in [1.807, 2.05) is 20.8 Å². The topological polar surface area (TPSA) is 126 Å². The Hall–Kier alpha value is -4.56. The maximum Gasteiger partial charge on any atom is 0.418 e. The Bertz CT molecular complexity index is 1780. The minimum Gasteiger partial charge on any atom is -0.449 e. The molecule has 15 heteroatoms. The summed E-state index contributed by atoms with van der Waals surface area (Å²) in [6, 6.07) is 16.5. The van der Waals surface area contributed by atoms with Crippen molar-refractivity contribution in [1.82, 2.24) is 5.32 Å². The van der Waals surface area contributed by atoms with Crippen molar-refractivity contribution in [3.8, 4) is 0 Å². The van der Waals surface area contributed by atoms with Crippen LogP contribution in [0.4, 0.5) is 29.3 Å². The first kappa shape index (κ1) is 35.7. The summed E-state index contributed by atoms with van der Waals surface area (Å²) in [4.78, 5) is 58.4. The van der Waals surface area contributed by atoms with Crippen LogP contribution in [0.25, 0.3) is 0 Å². The predicted molar refractivity (Wildman–Crippen MR) is 180 cm³/mol. The molecule has 5 rings (SSSR count). The molecule has 0 bridgehead atoms. The van der Waals surface area contributed by atoms with Gasteiger partial charge in [-0.3, -0.25) is 24.7 Å². The molecule has 3 amide bonds. The summed E-state index contributed by atoms with van der Waals surface area (Å²) in [5, 5.41) is 4.70. The third-order valence-corrected chi connectivity index (χ3v) is 8.91. The number of esters is 1. The molecule has 3 aromatic carbocycles. The number of benzene rings is 3. The first-order valence-electron chi connectivity index (χ1n) is 15.1. The number of halogens is 4. The number of aliphatic imine (C=N–C) groups is 1. The molecule has 0 spiro atoms. The van der Waals surface area contributed by atoms with Crippen LogP contribution in [0.2, 0.25) is 5.02 Å². The number of carbonyl (C=O) groups is 4. The molecule has 1 fully saturated rings. The van der Waals surface area contributed by atoms with Crippen LogP contribution in [-0.4, -0.2) is 65.0 Å². The van der Waals surface area contributed by atoms with E-state index in [1.54, 1.807) is 54.6 Å². The number of benzodiazepines with no additional fused rings is 1. The second-order valence-corrected chi connectivity index (χ2v) is 14.5. The summed E-state index contributed by atoms with van der Waals surface area (Å²) in [6.07, 6.45) is -6.13. The largest absolute Gasteiger partial charge is 0.449 e. The van der Waals surface area contributed by atoms with E-state index in [1.165, 1.54) is 22.7 Å². The Morgan fingerprint density at radius 3 is 2.43 bits per heavy atom. The lowest BCUT2D eigenvalue weighted by atomic mass is 10.0. The number of fused-ring (bicyclic) bond motifs is 1. The molecule has 258 valence electrons. The first-order chi connectivity index (χ1) is 23.1. The molecule has 49 heavy (non-hydrogen) atoms. The van der Waals surface area contributed by atoms with E-state index < -0.39 is 72.0 Å². The number of alkyl halides is 3. The summed E-state index contributed by atoms with van der Waals surface area (Å²) in [5.41, 5.74) is -0.540. The molecule has 0 unspecified atom stereocenters. The van der Waals surface area contributed by atoms with Crippen LogP contribution in [-0.2, 0) is 30.0 Å². The molecule has 0 radical (unpaired) electrons.